The van der Waals surface area contributed by atoms with Crippen LogP contribution in [-0.2, 0) is 14.3 Å². The molecule has 0 aromatic carbocycles. The number of hydrogen-bond donors (Lipinski definition) is 1. The van der Waals surface area contributed by atoms with Crippen LogP contribution in [0.15, 0.2) is 0 Å². The van der Waals surface area contributed by atoms with E-state index in [4.69, 9.17) is 9.47 Å². The van der Waals surface area contributed by atoms with Crippen LogP contribution in [0.25, 0.3) is 0 Å². The van der Waals surface area contributed by atoms with E-state index in [1.54, 1.807) is 4.90 Å². The average molecular weight is 270 g/mol. The molecule has 0 bridgehead atoms. The number of rotatable bonds is 0. The Hall–Kier alpha value is -1.30. The van der Waals surface area contributed by atoms with Crippen LogP contribution in [0.3, 0.4) is 0 Å². The molecule has 0 saturated carbocycles. The fourth-order valence-corrected chi connectivity index (χ4v) is 2.36. The molecule has 1 N–H and O–H groups in total. The first kappa shape index (κ1) is 14.1. The van der Waals surface area contributed by atoms with E-state index in [0.29, 0.717) is 19.6 Å². The van der Waals surface area contributed by atoms with Gasteiger partial charge in [0.15, 0.2) is 0 Å². The molecule has 2 heterocycles. The van der Waals surface area contributed by atoms with E-state index in [-0.39, 0.29) is 30.6 Å². The second-order valence-electron chi connectivity index (χ2n) is 6.13. The molecule has 2 atom stereocenters. The summed E-state index contributed by atoms with van der Waals surface area (Å²) in [5, 5.41) is 2.83. The number of piperidine rings is 1. The van der Waals surface area contributed by atoms with Crippen LogP contribution in [-0.4, -0.2) is 54.8 Å². The number of hydrogen-bond acceptors (Lipinski definition) is 4. The fraction of sp³-hybridized carbons (Fsp3) is 0.846. The summed E-state index contributed by atoms with van der Waals surface area (Å²) in [6.07, 6.45) is 0.433. The first-order valence-corrected chi connectivity index (χ1v) is 6.71. The van der Waals surface area contributed by atoms with Crippen molar-refractivity contribution in [1.29, 1.82) is 0 Å². The van der Waals surface area contributed by atoms with Gasteiger partial charge in [-0.2, -0.15) is 0 Å². The molecule has 19 heavy (non-hydrogen) atoms. The Kier molecular flexibility index (Phi) is 3.99. The zero-order chi connectivity index (χ0) is 14.0. The lowest BCUT2D eigenvalue weighted by Gasteiger charge is -2.37. The number of likely N-dealkylation sites (tertiary alicyclic amines) is 1. The van der Waals surface area contributed by atoms with Gasteiger partial charge in [-0.15, -0.1) is 0 Å². The number of nitrogens with one attached hydrogen (secondary N) is 1. The Labute approximate surface area is 113 Å². The zero-order valence-electron chi connectivity index (χ0n) is 11.8. The molecule has 2 amide bonds. The van der Waals surface area contributed by atoms with Crippen molar-refractivity contribution >= 4 is 12.0 Å². The van der Waals surface area contributed by atoms with E-state index < -0.39 is 5.60 Å². The van der Waals surface area contributed by atoms with Gasteiger partial charge in [-0.05, 0) is 27.2 Å². The molecule has 2 aliphatic heterocycles. The van der Waals surface area contributed by atoms with E-state index in [1.165, 1.54) is 0 Å². The molecular weight excluding hydrogens is 248 g/mol. The van der Waals surface area contributed by atoms with Crippen molar-refractivity contribution in [3.63, 3.8) is 0 Å². The minimum absolute atomic E-state index is 0.0727. The summed E-state index contributed by atoms with van der Waals surface area (Å²) in [5.41, 5.74) is -0.490. The highest BCUT2D eigenvalue weighted by molar-refractivity contribution is 5.77. The molecular formula is C13H22N2O4. The van der Waals surface area contributed by atoms with Crippen LogP contribution in [0.4, 0.5) is 4.79 Å². The Morgan fingerprint density at radius 3 is 2.89 bits per heavy atom. The molecule has 2 rings (SSSR count). The highest BCUT2D eigenvalue weighted by Crippen LogP contribution is 2.23. The number of nitrogens with zero attached hydrogens (tertiary/aromatic N) is 1. The maximum absolute atomic E-state index is 12.0. The molecule has 0 spiro atoms. The summed E-state index contributed by atoms with van der Waals surface area (Å²) in [7, 11) is 0. The smallest absolute Gasteiger partial charge is 0.410 e. The summed E-state index contributed by atoms with van der Waals surface area (Å²) >= 11 is 0. The van der Waals surface area contributed by atoms with Gasteiger partial charge in [0.1, 0.15) is 12.2 Å². The number of amides is 2. The molecule has 2 fully saturated rings. The van der Waals surface area contributed by atoms with Crippen molar-refractivity contribution in [3.05, 3.63) is 0 Å². The zero-order valence-corrected chi connectivity index (χ0v) is 11.8. The molecule has 6 nitrogen and oxygen atoms in total. The Morgan fingerprint density at radius 1 is 1.47 bits per heavy atom. The molecule has 108 valence electrons. The van der Waals surface area contributed by atoms with Gasteiger partial charge in [-0.3, -0.25) is 4.79 Å². The number of fused-ring (bicyclic) bond motifs is 1. The predicted octanol–water partition coefficient (Wildman–Crippen LogP) is 0.758. The summed E-state index contributed by atoms with van der Waals surface area (Å²) in [6.45, 7) is 7.39. The first-order valence-electron chi connectivity index (χ1n) is 6.71. The van der Waals surface area contributed by atoms with Crippen molar-refractivity contribution in [1.82, 2.24) is 10.2 Å². The van der Waals surface area contributed by atoms with Crippen LogP contribution in [0.5, 0.6) is 0 Å². The quantitative estimate of drug-likeness (QED) is 0.705. The monoisotopic (exact) mass is 270 g/mol. The second-order valence-corrected chi connectivity index (χ2v) is 6.13. The SMILES string of the molecule is CC(C)(C)OC(=O)N1CCC2CNC(=O)COC2C1. The maximum Gasteiger partial charge on any atom is 0.410 e. The maximum atomic E-state index is 12.0. The number of ether oxygens (including phenoxy) is 2. The van der Waals surface area contributed by atoms with Gasteiger partial charge < -0.3 is 19.7 Å². The van der Waals surface area contributed by atoms with E-state index in [2.05, 4.69) is 5.32 Å². The van der Waals surface area contributed by atoms with Gasteiger partial charge in [-0.25, -0.2) is 4.79 Å². The van der Waals surface area contributed by atoms with Gasteiger partial charge in [-0.1, -0.05) is 0 Å². The van der Waals surface area contributed by atoms with Crippen molar-refractivity contribution in [3.8, 4) is 0 Å². The average Bonchev–Trinajstić information content (AvgIpc) is 2.49. The molecule has 0 aromatic heterocycles. The van der Waals surface area contributed by atoms with Crippen molar-refractivity contribution in [2.24, 2.45) is 5.92 Å². The lowest BCUT2D eigenvalue weighted by molar-refractivity contribution is -0.126. The third kappa shape index (κ3) is 3.83. The number of carbonyl (C=O) groups excluding carboxylic acids is 2. The number of carbonyl (C=O) groups is 2. The largest absolute Gasteiger partial charge is 0.444 e. The van der Waals surface area contributed by atoms with Crippen molar-refractivity contribution in [2.75, 3.05) is 26.2 Å². The Balaban J connectivity index is 1.93. The van der Waals surface area contributed by atoms with Gasteiger partial charge >= 0.3 is 6.09 Å². The van der Waals surface area contributed by atoms with Gasteiger partial charge in [0.05, 0.1) is 12.6 Å². The van der Waals surface area contributed by atoms with Gasteiger partial charge in [0.2, 0.25) is 5.91 Å². The topological polar surface area (TPSA) is 67.9 Å². The Bertz CT molecular complexity index is 364. The van der Waals surface area contributed by atoms with E-state index in [1.807, 2.05) is 20.8 Å². The van der Waals surface area contributed by atoms with Crippen molar-refractivity contribution in [2.45, 2.75) is 38.9 Å². The van der Waals surface area contributed by atoms with E-state index in [9.17, 15) is 9.59 Å². The minimum Gasteiger partial charge on any atom is -0.444 e. The second kappa shape index (κ2) is 5.36. The summed E-state index contributed by atoms with van der Waals surface area (Å²) < 4.78 is 10.9. The summed E-state index contributed by atoms with van der Waals surface area (Å²) in [6, 6.07) is 0. The standard InChI is InChI=1S/C13H22N2O4/c1-13(2,3)19-12(17)15-5-4-9-6-14-11(16)8-18-10(9)7-15/h9-10H,4-8H2,1-3H3,(H,14,16). The molecule has 0 radical (unpaired) electrons. The summed E-state index contributed by atoms with van der Waals surface area (Å²) in [5.74, 6) is 0.198. The molecule has 6 heteroatoms. The van der Waals surface area contributed by atoms with Gasteiger partial charge in [0.25, 0.3) is 0 Å². The summed E-state index contributed by atoms with van der Waals surface area (Å²) in [4.78, 5) is 25.0. The lowest BCUT2D eigenvalue weighted by atomic mass is 9.94. The predicted molar refractivity (Wildman–Crippen MR) is 68.7 cm³/mol. The normalized spacial score (nSPS) is 28.2. The molecule has 0 aromatic rings. The molecule has 2 saturated heterocycles. The van der Waals surface area contributed by atoms with E-state index in [0.717, 1.165) is 6.42 Å². The third-order valence-corrected chi connectivity index (χ3v) is 3.34. The van der Waals surface area contributed by atoms with Crippen molar-refractivity contribution < 1.29 is 19.1 Å². The highest BCUT2D eigenvalue weighted by Gasteiger charge is 2.35. The van der Waals surface area contributed by atoms with Crippen LogP contribution in [0.1, 0.15) is 27.2 Å². The van der Waals surface area contributed by atoms with Crippen LogP contribution < -0.4 is 5.32 Å². The van der Waals surface area contributed by atoms with Crippen LogP contribution in [0.2, 0.25) is 0 Å². The van der Waals surface area contributed by atoms with Crippen LogP contribution >= 0.6 is 0 Å². The molecule has 2 unspecified atom stereocenters. The first-order chi connectivity index (χ1) is 8.85. The highest BCUT2D eigenvalue weighted by atomic mass is 16.6. The molecule has 0 aliphatic carbocycles. The van der Waals surface area contributed by atoms with E-state index >= 15 is 0 Å². The Morgan fingerprint density at radius 2 is 2.21 bits per heavy atom. The third-order valence-electron chi connectivity index (χ3n) is 3.34. The lowest BCUT2D eigenvalue weighted by Crippen LogP contribution is -2.50. The fourth-order valence-electron chi connectivity index (χ4n) is 2.36. The molecule has 2 aliphatic rings. The minimum atomic E-state index is -0.490. The van der Waals surface area contributed by atoms with Gasteiger partial charge in [0, 0.05) is 19.0 Å². The van der Waals surface area contributed by atoms with Crippen LogP contribution in [0, 0.1) is 5.92 Å².